The average Bonchev–Trinajstić information content (AvgIpc) is 2.70. The number of aliphatic hydroxyl groups excluding tert-OH is 1. The Kier molecular flexibility index (Phi) is 8.67. The van der Waals surface area contributed by atoms with Crippen molar-refractivity contribution >= 4 is 6.03 Å². The zero-order valence-corrected chi connectivity index (χ0v) is 16.5. The summed E-state index contributed by atoms with van der Waals surface area (Å²) in [5, 5.41) is 15.8. The van der Waals surface area contributed by atoms with Crippen molar-refractivity contribution in [3.63, 3.8) is 0 Å². The molecule has 1 aromatic rings. The normalized spacial score (nSPS) is 20.6. The summed E-state index contributed by atoms with van der Waals surface area (Å²) < 4.78 is 16.3. The molecule has 0 bridgehead atoms. The maximum atomic E-state index is 11.9. The molecule has 27 heavy (non-hydrogen) atoms. The second-order valence-corrected chi connectivity index (χ2v) is 6.93. The molecule has 7 nitrogen and oxygen atoms in total. The van der Waals surface area contributed by atoms with Crippen molar-refractivity contribution in [1.29, 1.82) is 0 Å². The van der Waals surface area contributed by atoms with Crippen LogP contribution in [0.4, 0.5) is 4.79 Å². The number of carbonyl (C=O) groups excluding carboxylic acids is 1. The van der Waals surface area contributed by atoms with Crippen molar-refractivity contribution < 1.29 is 24.1 Å². The Hall–Kier alpha value is -1.99. The van der Waals surface area contributed by atoms with E-state index in [0.29, 0.717) is 42.2 Å². The quantitative estimate of drug-likeness (QED) is 0.573. The Morgan fingerprint density at radius 3 is 2.70 bits per heavy atom. The molecular formula is C20H32N2O5. The van der Waals surface area contributed by atoms with Crippen LogP contribution in [0.15, 0.2) is 18.2 Å². The van der Waals surface area contributed by atoms with Gasteiger partial charge in [0.05, 0.1) is 26.9 Å². The molecule has 7 heteroatoms. The first-order chi connectivity index (χ1) is 13.0. The molecule has 0 aromatic heterocycles. The number of aliphatic hydroxyl groups is 1. The summed E-state index contributed by atoms with van der Waals surface area (Å²) in [7, 11) is 3.09. The molecule has 3 atom stereocenters. The minimum atomic E-state index is -0.903. The van der Waals surface area contributed by atoms with Crippen LogP contribution in [0.2, 0.25) is 0 Å². The molecule has 1 aromatic carbocycles. The standard InChI is InChI=1S/C20H32N2O5/c1-14-6-4-5-7-18(14)27-11-10-21-20(24)22-13-17(23)16-12-15(25-2)8-9-19(16)26-3/h8-9,12,14,17-18,23H,4-7,10-11,13H2,1-3H3,(H2,21,22,24). The Bertz CT molecular complexity index is 596. The van der Waals surface area contributed by atoms with Gasteiger partial charge in [-0.1, -0.05) is 19.8 Å². The molecule has 0 aliphatic heterocycles. The summed E-state index contributed by atoms with van der Waals surface area (Å²) in [6.45, 7) is 3.22. The van der Waals surface area contributed by atoms with Gasteiger partial charge in [0.15, 0.2) is 0 Å². The van der Waals surface area contributed by atoms with E-state index < -0.39 is 6.10 Å². The fourth-order valence-corrected chi connectivity index (χ4v) is 3.37. The molecular weight excluding hydrogens is 348 g/mol. The summed E-state index contributed by atoms with van der Waals surface area (Å²) >= 11 is 0. The molecule has 1 aliphatic carbocycles. The van der Waals surface area contributed by atoms with Gasteiger partial charge in [-0.3, -0.25) is 0 Å². The van der Waals surface area contributed by atoms with E-state index >= 15 is 0 Å². The van der Waals surface area contributed by atoms with Crippen molar-refractivity contribution in [3.05, 3.63) is 23.8 Å². The summed E-state index contributed by atoms with van der Waals surface area (Å²) in [6.07, 6.45) is 4.20. The molecule has 152 valence electrons. The van der Waals surface area contributed by atoms with Gasteiger partial charge in [-0.2, -0.15) is 0 Å². The summed E-state index contributed by atoms with van der Waals surface area (Å²) in [5.74, 6) is 1.74. The van der Waals surface area contributed by atoms with Gasteiger partial charge in [0.1, 0.15) is 17.6 Å². The smallest absolute Gasteiger partial charge is 0.314 e. The van der Waals surface area contributed by atoms with E-state index in [1.165, 1.54) is 26.4 Å². The van der Waals surface area contributed by atoms with Gasteiger partial charge in [0.2, 0.25) is 0 Å². The monoisotopic (exact) mass is 380 g/mol. The summed E-state index contributed by atoms with van der Waals surface area (Å²) in [4.78, 5) is 11.9. The van der Waals surface area contributed by atoms with Crippen LogP contribution in [0.1, 0.15) is 44.3 Å². The van der Waals surface area contributed by atoms with E-state index in [4.69, 9.17) is 14.2 Å². The van der Waals surface area contributed by atoms with E-state index in [0.717, 1.165) is 6.42 Å². The molecule has 0 heterocycles. The maximum Gasteiger partial charge on any atom is 0.314 e. The van der Waals surface area contributed by atoms with Crippen molar-refractivity contribution in [3.8, 4) is 11.5 Å². The SMILES string of the molecule is COc1ccc(OC)c(C(O)CNC(=O)NCCOC2CCCCC2C)c1. The molecule has 1 saturated carbocycles. The lowest BCUT2D eigenvalue weighted by molar-refractivity contribution is -0.00244. The Morgan fingerprint density at radius 2 is 2.00 bits per heavy atom. The lowest BCUT2D eigenvalue weighted by atomic mass is 9.88. The van der Waals surface area contributed by atoms with E-state index in [-0.39, 0.29) is 12.6 Å². The third-order valence-electron chi connectivity index (χ3n) is 5.00. The predicted octanol–water partition coefficient (Wildman–Crippen LogP) is 2.63. The molecule has 1 fully saturated rings. The summed E-state index contributed by atoms with van der Waals surface area (Å²) in [5.41, 5.74) is 0.562. The van der Waals surface area contributed by atoms with Crippen molar-refractivity contribution in [1.82, 2.24) is 10.6 Å². The van der Waals surface area contributed by atoms with Crippen LogP contribution in [0, 0.1) is 5.92 Å². The lowest BCUT2D eigenvalue weighted by Gasteiger charge is -2.28. The van der Waals surface area contributed by atoms with Crippen molar-refractivity contribution in [2.24, 2.45) is 5.92 Å². The van der Waals surface area contributed by atoms with Crippen LogP contribution in [0.25, 0.3) is 0 Å². The number of nitrogens with one attached hydrogen (secondary N) is 2. The zero-order valence-electron chi connectivity index (χ0n) is 16.5. The number of carbonyl (C=O) groups is 1. The first-order valence-corrected chi connectivity index (χ1v) is 9.58. The first kappa shape index (κ1) is 21.3. The predicted molar refractivity (Wildman–Crippen MR) is 103 cm³/mol. The highest BCUT2D eigenvalue weighted by molar-refractivity contribution is 5.73. The number of methoxy groups -OCH3 is 2. The third-order valence-corrected chi connectivity index (χ3v) is 5.00. The number of urea groups is 1. The van der Waals surface area contributed by atoms with E-state index in [1.807, 2.05) is 0 Å². The molecule has 0 spiro atoms. The highest BCUT2D eigenvalue weighted by Crippen LogP contribution is 2.29. The van der Waals surface area contributed by atoms with Gasteiger partial charge >= 0.3 is 6.03 Å². The van der Waals surface area contributed by atoms with Gasteiger partial charge in [-0.15, -0.1) is 0 Å². The minimum Gasteiger partial charge on any atom is -0.497 e. The lowest BCUT2D eigenvalue weighted by Crippen LogP contribution is -2.40. The van der Waals surface area contributed by atoms with Crippen LogP contribution in [-0.4, -0.2) is 51.2 Å². The number of rotatable bonds is 9. The van der Waals surface area contributed by atoms with Crippen molar-refractivity contribution in [2.45, 2.75) is 44.8 Å². The van der Waals surface area contributed by atoms with Gasteiger partial charge in [-0.05, 0) is 37.0 Å². The van der Waals surface area contributed by atoms with Crippen LogP contribution in [-0.2, 0) is 4.74 Å². The molecule has 2 amide bonds. The fourth-order valence-electron chi connectivity index (χ4n) is 3.37. The van der Waals surface area contributed by atoms with Gasteiger partial charge < -0.3 is 30.0 Å². The Balaban J connectivity index is 1.70. The molecule has 2 rings (SSSR count). The van der Waals surface area contributed by atoms with E-state index in [9.17, 15) is 9.90 Å². The number of amides is 2. The molecule has 1 aliphatic rings. The fraction of sp³-hybridized carbons (Fsp3) is 0.650. The van der Waals surface area contributed by atoms with Crippen LogP contribution < -0.4 is 20.1 Å². The second kappa shape index (κ2) is 11.0. The maximum absolute atomic E-state index is 11.9. The minimum absolute atomic E-state index is 0.0654. The third kappa shape index (κ3) is 6.59. The number of benzene rings is 1. The molecule has 0 saturated heterocycles. The molecule has 3 unspecified atom stereocenters. The average molecular weight is 380 g/mol. The highest BCUT2D eigenvalue weighted by Gasteiger charge is 2.21. The van der Waals surface area contributed by atoms with Crippen LogP contribution in [0.3, 0.4) is 0 Å². The topological polar surface area (TPSA) is 89.0 Å². The van der Waals surface area contributed by atoms with Gasteiger partial charge in [0, 0.05) is 18.7 Å². The van der Waals surface area contributed by atoms with E-state index in [2.05, 4.69) is 17.6 Å². The second-order valence-electron chi connectivity index (χ2n) is 6.93. The van der Waals surface area contributed by atoms with Crippen LogP contribution in [0.5, 0.6) is 11.5 Å². The number of hydrogen-bond donors (Lipinski definition) is 3. The largest absolute Gasteiger partial charge is 0.497 e. The Morgan fingerprint density at radius 1 is 1.22 bits per heavy atom. The van der Waals surface area contributed by atoms with Gasteiger partial charge in [-0.25, -0.2) is 4.79 Å². The highest BCUT2D eigenvalue weighted by atomic mass is 16.5. The van der Waals surface area contributed by atoms with E-state index in [1.54, 1.807) is 25.3 Å². The molecule has 0 radical (unpaired) electrons. The zero-order chi connectivity index (χ0) is 19.6. The van der Waals surface area contributed by atoms with Crippen LogP contribution >= 0.6 is 0 Å². The number of ether oxygens (including phenoxy) is 3. The number of hydrogen-bond acceptors (Lipinski definition) is 5. The first-order valence-electron chi connectivity index (χ1n) is 9.58. The van der Waals surface area contributed by atoms with Crippen molar-refractivity contribution in [2.75, 3.05) is 33.9 Å². The van der Waals surface area contributed by atoms with Gasteiger partial charge in [0.25, 0.3) is 0 Å². The summed E-state index contributed by atoms with van der Waals surface area (Å²) in [6, 6.07) is 4.84. The Labute approximate surface area is 161 Å². The molecule has 3 N–H and O–H groups in total.